The number of ether oxygens (including phenoxy) is 1. The number of halogens is 1. The van der Waals surface area contributed by atoms with Gasteiger partial charge in [-0.25, -0.2) is 0 Å². The molecule has 1 fully saturated rings. The molecule has 0 bridgehead atoms. The highest BCUT2D eigenvalue weighted by Crippen LogP contribution is 2.24. The highest BCUT2D eigenvalue weighted by Gasteiger charge is 2.27. The Morgan fingerprint density at radius 1 is 1.43 bits per heavy atom. The fraction of sp³-hybridized carbons (Fsp3) is 0.455. The van der Waals surface area contributed by atoms with Gasteiger partial charge in [0.25, 0.3) is 0 Å². The lowest BCUT2D eigenvalue weighted by atomic mass is 9.92. The van der Waals surface area contributed by atoms with E-state index >= 15 is 0 Å². The lowest BCUT2D eigenvalue weighted by molar-refractivity contribution is -0.0778. The van der Waals surface area contributed by atoms with Crippen LogP contribution < -0.4 is 0 Å². The molecule has 0 unspecified atom stereocenters. The van der Waals surface area contributed by atoms with Crippen molar-refractivity contribution in [3.63, 3.8) is 0 Å². The van der Waals surface area contributed by atoms with Crippen LogP contribution in [0.4, 0.5) is 0 Å². The third kappa shape index (κ3) is 2.47. The number of benzene rings is 1. The zero-order valence-corrected chi connectivity index (χ0v) is 8.57. The summed E-state index contributed by atoms with van der Waals surface area (Å²) >= 11 is 5.84. The molecule has 3 heteroatoms. The predicted molar refractivity (Wildman–Crippen MR) is 55.3 cm³/mol. The molecular formula is C11H13ClO2. The van der Waals surface area contributed by atoms with Crippen molar-refractivity contribution in [3.05, 3.63) is 34.9 Å². The largest absolute Gasteiger partial charge is 0.393 e. The van der Waals surface area contributed by atoms with Gasteiger partial charge in [-0.05, 0) is 30.5 Å². The standard InChI is InChI=1S/C11H13ClO2/c12-9-3-1-2-8(4-9)7-14-11-5-10(13)6-11/h1-4,10-11,13H,5-7H2. The van der Waals surface area contributed by atoms with E-state index in [0.717, 1.165) is 23.4 Å². The van der Waals surface area contributed by atoms with E-state index in [-0.39, 0.29) is 12.2 Å². The summed E-state index contributed by atoms with van der Waals surface area (Å²) in [6.45, 7) is 0.581. The monoisotopic (exact) mass is 212 g/mol. The summed E-state index contributed by atoms with van der Waals surface area (Å²) in [5, 5.41) is 9.79. The molecule has 2 rings (SSSR count). The zero-order valence-electron chi connectivity index (χ0n) is 7.82. The van der Waals surface area contributed by atoms with Crippen molar-refractivity contribution in [2.75, 3.05) is 0 Å². The molecule has 0 spiro atoms. The molecule has 0 aliphatic heterocycles. The van der Waals surface area contributed by atoms with Crippen LogP contribution in [-0.2, 0) is 11.3 Å². The van der Waals surface area contributed by atoms with E-state index in [1.165, 1.54) is 0 Å². The van der Waals surface area contributed by atoms with Crippen molar-refractivity contribution in [1.29, 1.82) is 0 Å². The minimum absolute atomic E-state index is 0.153. The molecule has 0 heterocycles. The van der Waals surface area contributed by atoms with E-state index in [2.05, 4.69) is 0 Å². The molecule has 0 atom stereocenters. The maximum absolute atomic E-state index is 9.06. The van der Waals surface area contributed by atoms with E-state index in [1.807, 2.05) is 24.3 Å². The lowest BCUT2D eigenvalue weighted by Gasteiger charge is -2.31. The van der Waals surface area contributed by atoms with Crippen LogP contribution >= 0.6 is 11.6 Å². The third-order valence-corrected chi connectivity index (χ3v) is 2.68. The van der Waals surface area contributed by atoms with E-state index < -0.39 is 0 Å². The molecule has 1 N–H and O–H groups in total. The van der Waals surface area contributed by atoms with Crippen LogP contribution in [0.15, 0.2) is 24.3 Å². The van der Waals surface area contributed by atoms with Crippen molar-refractivity contribution >= 4 is 11.6 Å². The van der Waals surface area contributed by atoms with Crippen LogP contribution in [0.2, 0.25) is 5.02 Å². The molecule has 1 saturated carbocycles. The van der Waals surface area contributed by atoms with Crippen LogP contribution in [0.3, 0.4) is 0 Å². The molecule has 0 aromatic heterocycles. The third-order valence-electron chi connectivity index (χ3n) is 2.44. The molecule has 0 amide bonds. The number of aliphatic hydroxyl groups excluding tert-OH is 1. The molecule has 2 nitrogen and oxygen atoms in total. The van der Waals surface area contributed by atoms with Crippen LogP contribution in [0, 0.1) is 0 Å². The Hall–Kier alpha value is -0.570. The molecule has 0 radical (unpaired) electrons. The number of rotatable bonds is 3. The Labute approximate surface area is 88.5 Å². The minimum Gasteiger partial charge on any atom is -0.393 e. The summed E-state index contributed by atoms with van der Waals surface area (Å²) in [5.74, 6) is 0. The van der Waals surface area contributed by atoms with E-state index in [1.54, 1.807) is 0 Å². The van der Waals surface area contributed by atoms with E-state index in [9.17, 15) is 0 Å². The van der Waals surface area contributed by atoms with Crippen molar-refractivity contribution in [2.24, 2.45) is 0 Å². The Kier molecular flexibility index (Phi) is 3.06. The zero-order chi connectivity index (χ0) is 9.97. The summed E-state index contributed by atoms with van der Waals surface area (Å²) in [6.07, 6.45) is 1.60. The topological polar surface area (TPSA) is 29.5 Å². The molecule has 1 aliphatic rings. The van der Waals surface area contributed by atoms with Crippen molar-refractivity contribution < 1.29 is 9.84 Å². The fourth-order valence-electron chi connectivity index (χ4n) is 1.51. The molecule has 76 valence electrons. The highest BCUT2D eigenvalue weighted by atomic mass is 35.5. The maximum Gasteiger partial charge on any atom is 0.0721 e. The number of hydrogen-bond donors (Lipinski definition) is 1. The van der Waals surface area contributed by atoms with Gasteiger partial charge in [0.05, 0.1) is 18.8 Å². The molecule has 0 saturated heterocycles. The average Bonchev–Trinajstić information content (AvgIpc) is 2.11. The Morgan fingerprint density at radius 3 is 2.86 bits per heavy atom. The summed E-state index contributed by atoms with van der Waals surface area (Å²) in [4.78, 5) is 0. The van der Waals surface area contributed by atoms with E-state index in [4.69, 9.17) is 21.4 Å². The summed E-state index contributed by atoms with van der Waals surface area (Å²) in [5.41, 5.74) is 1.08. The summed E-state index contributed by atoms with van der Waals surface area (Å²) < 4.78 is 5.57. The molecule has 1 aromatic rings. The normalized spacial score (nSPS) is 25.9. The average molecular weight is 213 g/mol. The minimum atomic E-state index is -0.153. The fourth-order valence-corrected chi connectivity index (χ4v) is 1.73. The van der Waals surface area contributed by atoms with Gasteiger partial charge < -0.3 is 9.84 Å². The van der Waals surface area contributed by atoms with Crippen LogP contribution in [0.5, 0.6) is 0 Å². The predicted octanol–water partition coefficient (Wildman–Crippen LogP) is 2.38. The molecular weight excluding hydrogens is 200 g/mol. The van der Waals surface area contributed by atoms with Gasteiger partial charge in [-0.3, -0.25) is 0 Å². The first-order valence-corrected chi connectivity index (χ1v) is 5.16. The SMILES string of the molecule is OC1CC(OCc2cccc(Cl)c2)C1. The van der Waals surface area contributed by atoms with Gasteiger partial charge in [-0.1, -0.05) is 23.7 Å². The summed E-state index contributed by atoms with van der Waals surface area (Å²) in [7, 11) is 0. The highest BCUT2D eigenvalue weighted by molar-refractivity contribution is 6.30. The summed E-state index contributed by atoms with van der Waals surface area (Å²) in [6, 6.07) is 7.65. The van der Waals surface area contributed by atoms with Crippen molar-refractivity contribution in [1.82, 2.24) is 0 Å². The van der Waals surface area contributed by atoms with Crippen LogP contribution in [-0.4, -0.2) is 17.3 Å². The first-order valence-electron chi connectivity index (χ1n) is 4.78. The second-order valence-corrected chi connectivity index (χ2v) is 4.12. The van der Waals surface area contributed by atoms with Crippen LogP contribution in [0.1, 0.15) is 18.4 Å². The Balaban J connectivity index is 1.80. The van der Waals surface area contributed by atoms with Crippen molar-refractivity contribution in [3.8, 4) is 0 Å². The Morgan fingerprint density at radius 2 is 2.21 bits per heavy atom. The smallest absolute Gasteiger partial charge is 0.0721 e. The van der Waals surface area contributed by atoms with Gasteiger partial charge in [-0.2, -0.15) is 0 Å². The van der Waals surface area contributed by atoms with Gasteiger partial charge >= 0.3 is 0 Å². The first-order chi connectivity index (χ1) is 6.74. The van der Waals surface area contributed by atoms with Gasteiger partial charge in [0.15, 0.2) is 0 Å². The second kappa shape index (κ2) is 4.30. The van der Waals surface area contributed by atoms with E-state index in [0.29, 0.717) is 6.61 Å². The van der Waals surface area contributed by atoms with Crippen molar-refractivity contribution in [2.45, 2.75) is 31.7 Å². The van der Waals surface area contributed by atoms with Gasteiger partial charge in [0, 0.05) is 5.02 Å². The van der Waals surface area contributed by atoms with Gasteiger partial charge in [0.2, 0.25) is 0 Å². The van der Waals surface area contributed by atoms with Crippen LogP contribution in [0.25, 0.3) is 0 Å². The second-order valence-electron chi connectivity index (χ2n) is 3.69. The Bertz CT molecular complexity index is 308. The van der Waals surface area contributed by atoms with Gasteiger partial charge in [0.1, 0.15) is 0 Å². The number of hydrogen-bond acceptors (Lipinski definition) is 2. The number of aliphatic hydroxyl groups is 1. The first kappa shape index (κ1) is 9.97. The molecule has 1 aromatic carbocycles. The molecule has 1 aliphatic carbocycles. The maximum atomic E-state index is 9.06. The molecule has 14 heavy (non-hydrogen) atoms. The quantitative estimate of drug-likeness (QED) is 0.834. The van der Waals surface area contributed by atoms with Gasteiger partial charge in [-0.15, -0.1) is 0 Å². The lowest BCUT2D eigenvalue weighted by Crippen LogP contribution is -2.35.